The number of hydrogen-bond acceptors (Lipinski definition) is 3. The molecule has 1 saturated heterocycles. The van der Waals surface area contributed by atoms with Gasteiger partial charge < -0.3 is 20.1 Å². The van der Waals surface area contributed by atoms with Crippen LogP contribution in [0.1, 0.15) is 18.4 Å². The molecule has 6 nitrogen and oxygen atoms in total. The molecule has 0 bridgehead atoms. The van der Waals surface area contributed by atoms with Crippen molar-refractivity contribution in [1.29, 1.82) is 0 Å². The highest BCUT2D eigenvalue weighted by Crippen LogP contribution is 2.15. The first-order valence-corrected chi connectivity index (χ1v) is 7.07. The fourth-order valence-corrected chi connectivity index (χ4v) is 2.41. The van der Waals surface area contributed by atoms with Crippen molar-refractivity contribution in [3.05, 3.63) is 35.9 Å². The first-order valence-electron chi connectivity index (χ1n) is 7.07. The molecule has 0 spiro atoms. The summed E-state index contributed by atoms with van der Waals surface area (Å²) in [4.78, 5) is 23.9. The normalized spacial score (nSPS) is 18.1. The van der Waals surface area contributed by atoms with E-state index in [0.717, 1.165) is 18.4 Å². The molecule has 0 unspecified atom stereocenters. The van der Waals surface area contributed by atoms with E-state index in [0.29, 0.717) is 19.6 Å². The Morgan fingerprint density at radius 1 is 1.33 bits per heavy atom. The number of carbonyl (C=O) groups is 2. The fourth-order valence-electron chi connectivity index (χ4n) is 2.41. The molecule has 1 aliphatic heterocycles. The van der Waals surface area contributed by atoms with E-state index in [9.17, 15) is 9.59 Å². The van der Waals surface area contributed by atoms with Crippen LogP contribution in [0.15, 0.2) is 30.3 Å². The molecule has 1 aromatic carbocycles. The summed E-state index contributed by atoms with van der Waals surface area (Å²) in [7, 11) is 0. The van der Waals surface area contributed by atoms with E-state index < -0.39 is 12.2 Å². The molecule has 1 heterocycles. The molecule has 0 saturated carbocycles. The number of piperidine rings is 1. The summed E-state index contributed by atoms with van der Waals surface area (Å²) in [5.74, 6) is 0.152. The van der Waals surface area contributed by atoms with Crippen LogP contribution in [0.5, 0.6) is 0 Å². The Morgan fingerprint density at radius 2 is 2.10 bits per heavy atom. The number of amides is 2. The third-order valence-corrected chi connectivity index (χ3v) is 3.54. The zero-order valence-electron chi connectivity index (χ0n) is 11.8. The highest BCUT2D eigenvalue weighted by Gasteiger charge is 2.23. The number of carboxylic acid groups (broad SMARTS) is 1. The summed E-state index contributed by atoms with van der Waals surface area (Å²) in [5, 5.41) is 11.7. The number of alkyl carbamates (subject to hydrolysis) is 1. The average molecular weight is 292 g/mol. The van der Waals surface area contributed by atoms with Gasteiger partial charge in [0.1, 0.15) is 6.61 Å². The Hall–Kier alpha value is -2.24. The maximum Gasteiger partial charge on any atom is 0.407 e. The van der Waals surface area contributed by atoms with E-state index in [4.69, 9.17) is 9.84 Å². The third kappa shape index (κ3) is 4.98. The van der Waals surface area contributed by atoms with Crippen molar-refractivity contribution in [2.24, 2.45) is 5.92 Å². The maximum absolute atomic E-state index is 11.6. The Kier molecular flexibility index (Phi) is 5.43. The predicted molar refractivity (Wildman–Crippen MR) is 77.0 cm³/mol. The van der Waals surface area contributed by atoms with Gasteiger partial charge in [0.05, 0.1) is 0 Å². The molecule has 6 heteroatoms. The molecular formula is C15H20N2O4. The van der Waals surface area contributed by atoms with Crippen molar-refractivity contribution >= 4 is 12.2 Å². The smallest absolute Gasteiger partial charge is 0.407 e. The highest BCUT2D eigenvalue weighted by molar-refractivity contribution is 5.67. The van der Waals surface area contributed by atoms with Crippen LogP contribution in [0.25, 0.3) is 0 Å². The van der Waals surface area contributed by atoms with E-state index in [1.807, 2.05) is 30.3 Å². The Balaban J connectivity index is 1.68. The van der Waals surface area contributed by atoms with Gasteiger partial charge in [-0.1, -0.05) is 30.3 Å². The van der Waals surface area contributed by atoms with Crippen LogP contribution in [-0.4, -0.2) is 41.8 Å². The molecule has 2 amide bonds. The first kappa shape index (κ1) is 15.2. The van der Waals surface area contributed by atoms with Crippen molar-refractivity contribution in [3.63, 3.8) is 0 Å². The molecule has 1 aromatic rings. The van der Waals surface area contributed by atoms with Crippen LogP contribution in [0, 0.1) is 5.92 Å². The van der Waals surface area contributed by atoms with Crippen LogP contribution < -0.4 is 5.32 Å². The summed E-state index contributed by atoms with van der Waals surface area (Å²) >= 11 is 0. The molecule has 21 heavy (non-hydrogen) atoms. The predicted octanol–water partition coefficient (Wildman–Crippen LogP) is 2.30. The number of hydrogen-bond donors (Lipinski definition) is 2. The fraction of sp³-hybridized carbons (Fsp3) is 0.467. The summed E-state index contributed by atoms with van der Waals surface area (Å²) in [6.07, 6.45) is 0.387. The molecule has 114 valence electrons. The molecule has 1 aliphatic rings. The molecule has 1 fully saturated rings. The zero-order valence-corrected chi connectivity index (χ0v) is 11.8. The SMILES string of the molecule is O=C(NC[C@@H]1CCCN(C(=O)O)C1)OCc1ccccc1. The lowest BCUT2D eigenvalue weighted by Gasteiger charge is -2.30. The molecule has 0 aliphatic carbocycles. The van der Waals surface area contributed by atoms with Gasteiger partial charge in [-0.3, -0.25) is 0 Å². The number of benzene rings is 1. The van der Waals surface area contributed by atoms with Gasteiger partial charge in [-0.15, -0.1) is 0 Å². The number of nitrogens with zero attached hydrogens (tertiary/aromatic N) is 1. The molecule has 0 radical (unpaired) electrons. The largest absolute Gasteiger partial charge is 0.465 e. The Bertz CT molecular complexity index is 478. The summed E-state index contributed by atoms with van der Waals surface area (Å²) in [5.41, 5.74) is 0.933. The molecule has 0 aromatic heterocycles. The lowest BCUT2D eigenvalue weighted by atomic mass is 9.98. The molecule has 2 N–H and O–H groups in total. The van der Waals surface area contributed by atoms with Crippen LogP contribution in [0.2, 0.25) is 0 Å². The average Bonchev–Trinajstić information content (AvgIpc) is 2.52. The summed E-state index contributed by atoms with van der Waals surface area (Å²) in [6.45, 7) is 1.72. The highest BCUT2D eigenvalue weighted by atomic mass is 16.5. The number of ether oxygens (including phenoxy) is 1. The minimum atomic E-state index is -0.897. The van der Waals surface area contributed by atoms with Gasteiger partial charge in [0.2, 0.25) is 0 Å². The lowest BCUT2D eigenvalue weighted by molar-refractivity contribution is 0.115. The van der Waals surface area contributed by atoms with E-state index in [1.54, 1.807) is 0 Å². The van der Waals surface area contributed by atoms with E-state index in [-0.39, 0.29) is 12.5 Å². The molecular weight excluding hydrogens is 272 g/mol. The van der Waals surface area contributed by atoms with E-state index in [2.05, 4.69) is 5.32 Å². The number of nitrogens with one attached hydrogen (secondary N) is 1. The maximum atomic E-state index is 11.6. The van der Waals surface area contributed by atoms with E-state index >= 15 is 0 Å². The monoisotopic (exact) mass is 292 g/mol. The van der Waals surface area contributed by atoms with Crippen LogP contribution in [-0.2, 0) is 11.3 Å². The second kappa shape index (κ2) is 7.52. The standard InChI is InChI=1S/C15H20N2O4/c18-14(21-11-12-5-2-1-3-6-12)16-9-13-7-4-8-17(10-13)15(19)20/h1-3,5-6,13H,4,7-11H2,(H,16,18)(H,19,20)/t13-/m0/s1. The van der Waals surface area contributed by atoms with Gasteiger partial charge in [0.15, 0.2) is 0 Å². The number of likely N-dealkylation sites (tertiary alicyclic amines) is 1. The van der Waals surface area contributed by atoms with Gasteiger partial charge >= 0.3 is 12.2 Å². The first-order chi connectivity index (χ1) is 10.1. The topological polar surface area (TPSA) is 78.9 Å². The van der Waals surface area contributed by atoms with Crippen molar-refractivity contribution < 1.29 is 19.4 Å². The second-order valence-electron chi connectivity index (χ2n) is 5.18. The van der Waals surface area contributed by atoms with Crippen LogP contribution >= 0.6 is 0 Å². The van der Waals surface area contributed by atoms with Crippen molar-refractivity contribution in [2.45, 2.75) is 19.4 Å². The lowest BCUT2D eigenvalue weighted by Crippen LogP contribution is -2.43. The van der Waals surface area contributed by atoms with Gasteiger partial charge in [-0.05, 0) is 24.3 Å². The minimum Gasteiger partial charge on any atom is -0.465 e. The van der Waals surface area contributed by atoms with Crippen LogP contribution in [0.4, 0.5) is 9.59 Å². The molecule has 2 rings (SSSR count). The summed E-state index contributed by atoms with van der Waals surface area (Å²) < 4.78 is 5.11. The van der Waals surface area contributed by atoms with Crippen molar-refractivity contribution in [1.82, 2.24) is 10.2 Å². The van der Waals surface area contributed by atoms with Crippen LogP contribution in [0.3, 0.4) is 0 Å². The number of carbonyl (C=O) groups excluding carboxylic acids is 1. The molecule has 1 atom stereocenters. The quantitative estimate of drug-likeness (QED) is 0.892. The van der Waals surface area contributed by atoms with E-state index in [1.165, 1.54) is 4.90 Å². The van der Waals surface area contributed by atoms with Crippen molar-refractivity contribution in [2.75, 3.05) is 19.6 Å². The Labute approximate surface area is 123 Å². The van der Waals surface area contributed by atoms with Gasteiger partial charge in [-0.25, -0.2) is 9.59 Å². The van der Waals surface area contributed by atoms with Crippen molar-refractivity contribution in [3.8, 4) is 0 Å². The third-order valence-electron chi connectivity index (χ3n) is 3.54. The second-order valence-corrected chi connectivity index (χ2v) is 5.18. The van der Waals surface area contributed by atoms with Gasteiger partial charge in [-0.2, -0.15) is 0 Å². The van der Waals surface area contributed by atoms with Gasteiger partial charge in [0, 0.05) is 19.6 Å². The zero-order chi connectivity index (χ0) is 15.1. The Morgan fingerprint density at radius 3 is 2.81 bits per heavy atom. The summed E-state index contributed by atoms with van der Waals surface area (Å²) in [6, 6.07) is 9.46. The number of rotatable bonds is 4. The van der Waals surface area contributed by atoms with Gasteiger partial charge in [0.25, 0.3) is 0 Å². The minimum absolute atomic E-state index is 0.152.